The molecular weight excluding hydrogens is 188 g/mol. The number of hydrogen-bond donors (Lipinski definition) is 1. The van der Waals surface area contributed by atoms with E-state index in [1.54, 1.807) is 0 Å². The molecule has 2 atom stereocenters. The molecule has 15 heavy (non-hydrogen) atoms. The minimum absolute atomic E-state index is 0.348. The van der Waals surface area contributed by atoms with Gasteiger partial charge in [0.1, 0.15) is 0 Å². The highest BCUT2D eigenvalue weighted by atomic mass is 16.2. The first-order valence-electron chi connectivity index (χ1n) is 6.30. The van der Waals surface area contributed by atoms with Gasteiger partial charge in [-0.25, -0.2) is 0 Å². The van der Waals surface area contributed by atoms with Crippen molar-refractivity contribution in [3.05, 3.63) is 0 Å². The topological polar surface area (TPSA) is 46.3 Å². The molecule has 3 nitrogen and oxygen atoms in total. The summed E-state index contributed by atoms with van der Waals surface area (Å²) in [6.45, 7) is 1.39. The number of rotatable bonds is 4. The summed E-state index contributed by atoms with van der Waals surface area (Å²) in [6, 6.07) is 0.540. The van der Waals surface area contributed by atoms with E-state index < -0.39 is 0 Å². The van der Waals surface area contributed by atoms with Crippen LogP contribution in [0.2, 0.25) is 0 Å². The van der Waals surface area contributed by atoms with Gasteiger partial charge in [0.15, 0.2) is 0 Å². The Kier molecular flexibility index (Phi) is 2.23. The molecule has 3 fully saturated rings. The van der Waals surface area contributed by atoms with E-state index in [0.717, 1.165) is 31.2 Å². The lowest BCUT2D eigenvalue weighted by molar-refractivity contribution is -0.136. The van der Waals surface area contributed by atoms with Crippen LogP contribution in [-0.2, 0) is 4.79 Å². The number of carbonyl (C=O) groups is 1. The molecule has 0 aromatic carbocycles. The lowest BCUT2D eigenvalue weighted by Gasteiger charge is -2.25. The van der Waals surface area contributed by atoms with Crippen molar-refractivity contribution in [1.29, 1.82) is 0 Å². The van der Waals surface area contributed by atoms with Crippen molar-refractivity contribution in [3.63, 3.8) is 0 Å². The van der Waals surface area contributed by atoms with Gasteiger partial charge in [0.25, 0.3) is 0 Å². The maximum Gasteiger partial charge on any atom is 0.225 e. The second kappa shape index (κ2) is 3.48. The molecule has 0 aliphatic heterocycles. The fourth-order valence-corrected chi connectivity index (χ4v) is 3.15. The molecule has 2 N–H and O–H groups in total. The monoisotopic (exact) mass is 208 g/mol. The van der Waals surface area contributed by atoms with E-state index in [1.165, 1.54) is 19.3 Å². The van der Waals surface area contributed by atoms with Crippen molar-refractivity contribution < 1.29 is 4.79 Å². The predicted molar refractivity (Wildman–Crippen MR) is 58.1 cm³/mol. The zero-order chi connectivity index (χ0) is 10.4. The number of carbonyl (C=O) groups excluding carboxylic acids is 1. The van der Waals surface area contributed by atoms with Gasteiger partial charge in [0.2, 0.25) is 5.91 Å². The Morgan fingerprint density at radius 3 is 2.40 bits per heavy atom. The molecule has 3 rings (SSSR count). The first kappa shape index (κ1) is 9.64. The summed E-state index contributed by atoms with van der Waals surface area (Å²) in [5.74, 6) is 2.56. The van der Waals surface area contributed by atoms with Gasteiger partial charge in [0.05, 0.1) is 0 Å². The Morgan fingerprint density at radius 1 is 1.20 bits per heavy atom. The van der Waals surface area contributed by atoms with Gasteiger partial charge in [-0.2, -0.15) is 0 Å². The van der Waals surface area contributed by atoms with Crippen molar-refractivity contribution in [2.24, 2.45) is 23.5 Å². The summed E-state index contributed by atoms with van der Waals surface area (Å²) in [7, 11) is 0. The Morgan fingerprint density at radius 2 is 1.87 bits per heavy atom. The maximum atomic E-state index is 12.3. The van der Waals surface area contributed by atoms with Crippen molar-refractivity contribution in [3.8, 4) is 0 Å². The van der Waals surface area contributed by atoms with Crippen molar-refractivity contribution >= 4 is 5.91 Å². The van der Waals surface area contributed by atoms with Gasteiger partial charge in [0, 0.05) is 25.0 Å². The molecule has 84 valence electrons. The molecule has 1 amide bonds. The highest BCUT2D eigenvalue weighted by molar-refractivity contribution is 5.80. The first-order chi connectivity index (χ1) is 7.29. The first-order valence-corrected chi connectivity index (χ1v) is 6.30. The summed E-state index contributed by atoms with van der Waals surface area (Å²) in [4.78, 5) is 14.3. The minimum atomic E-state index is 0.348. The molecule has 0 bridgehead atoms. The van der Waals surface area contributed by atoms with E-state index >= 15 is 0 Å². The van der Waals surface area contributed by atoms with Gasteiger partial charge >= 0.3 is 0 Å². The largest absolute Gasteiger partial charge is 0.338 e. The van der Waals surface area contributed by atoms with E-state index in [-0.39, 0.29) is 0 Å². The fraction of sp³-hybridized carbons (Fsp3) is 0.917. The van der Waals surface area contributed by atoms with Crippen LogP contribution in [0, 0.1) is 17.8 Å². The van der Waals surface area contributed by atoms with E-state index in [2.05, 4.69) is 4.90 Å². The molecule has 3 aliphatic rings. The normalized spacial score (nSPS) is 37.5. The number of amides is 1. The molecule has 0 aromatic rings. The summed E-state index contributed by atoms with van der Waals surface area (Å²) in [5.41, 5.74) is 5.57. The van der Waals surface area contributed by atoms with E-state index in [0.29, 0.717) is 24.4 Å². The highest BCUT2D eigenvalue weighted by Gasteiger charge is 2.49. The second-order valence-electron chi connectivity index (χ2n) is 5.48. The van der Waals surface area contributed by atoms with Crippen molar-refractivity contribution in [1.82, 2.24) is 4.90 Å². The summed E-state index contributed by atoms with van der Waals surface area (Å²) in [5, 5.41) is 0. The number of hydrogen-bond acceptors (Lipinski definition) is 2. The summed E-state index contributed by atoms with van der Waals surface area (Å²) in [6.07, 6.45) is 6.12. The third kappa shape index (κ3) is 1.78. The van der Waals surface area contributed by atoms with Crippen LogP contribution in [-0.4, -0.2) is 29.9 Å². The summed E-state index contributed by atoms with van der Waals surface area (Å²) >= 11 is 0. The average molecular weight is 208 g/mol. The van der Waals surface area contributed by atoms with Crippen LogP contribution in [0.25, 0.3) is 0 Å². The van der Waals surface area contributed by atoms with Crippen LogP contribution in [0.1, 0.15) is 32.1 Å². The lowest BCUT2D eigenvalue weighted by atomic mass is 10.0. The van der Waals surface area contributed by atoms with Gasteiger partial charge in [-0.3, -0.25) is 4.79 Å². The Balaban J connectivity index is 1.60. The molecule has 0 heterocycles. The standard InChI is InChI=1S/C12H20N2O/c13-3-4-14(11-1-2-11)12(15)10-6-8-5-9(8)7-10/h8-11H,1-7,13H2. The SMILES string of the molecule is NCCN(C(=O)C1CC2CC2C1)C1CC1. The van der Waals surface area contributed by atoms with Crippen LogP contribution in [0.5, 0.6) is 0 Å². The number of nitrogens with two attached hydrogens (primary N) is 1. The third-order valence-corrected chi connectivity index (χ3v) is 4.23. The van der Waals surface area contributed by atoms with E-state index in [4.69, 9.17) is 5.73 Å². The zero-order valence-corrected chi connectivity index (χ0v) is 9.19. The van der Waals surface area contributed by atoms with Gasteiger partial charge in [-0.05, 0) is 43.9 Å². The highest BCUT2D eigenvalue weighted by Crippen LogP contribution is 2.54. The minimum Gasteiger partial charge on any atom is -0.338 e. The van der Waals surface area contributed by atoms with Crippen LogP contribution in [0.4, 0.5) is 0 Å². The lowest BCUT2D eigenvalue weighted by Crippen LogP contribution is -2.40. The molecule has 0 aromatic heterocycles. The summed E-state index contributed by atoms with van der Waals surface area (Å²) < 4.78 is 0. The molecule has 3 aliphatic carbocycles. The predicted octanol–water partition coefficient (Wildman–Crippen LogP) is 0.982. The molecule has 0 spiro atoms. The maximum absolute atomic E-state index is 12.3. The zero-order valence-electron chi connectivity index (χ0n) is 9.19. The van der Waals surface area contributed by atoms with Crippen LogP contribution < -0.4 is 5.73 Å². The van der Waals surface area contributed by atoms with Gasteiger partial charge in [-0.1, -0.05) is 0 Å². The number of nitrogens with zero attached hydrogens (tertiary/aromatic N) is 1. The van der Waals surface area contributed by atoms with Crippen molar-refractivity contribution in [2.45, 2.75) is 38.1 Å². The van der Waals surface area contributed by atoms with E-state index in [9.17, 15) is 4.79 Å². The Bertz CT molecular complexity index is 265. The van der Waals surface area contributed by atoms with E-state index in [1.807, 2.05) is 0 Å². The van der Waals surface area contributed by atoms with Gasteiger partial charge < -0.3 is 10.6 Å². The molecule has 2 unspecified atom stereocenters. The molecular formula is C12H20N2O. The molecule has 0 radical (unpaired) electrons. The second-order valence-corrected chi connectivity index (χ2v) is 5.48. The average Bonchev–Trinajstić information content (AvgIpc) is 3.15. The Labute approximate surface area is 91.0 Å². The fourth-order valence-electron chi connectivity index (χ4n) is 3.15. The number of fused-ring (bicyclic) bond motifs is 1. The quantitative estimate of drug-likeness (QED) is 0.748. The molecule has 3 saturated carbocycles. The van der Waals surface area contributed by atoms with Crippen molar-refractivity contribution in [2.75, 3.05) is 13.1 Å². The van der Waals surface area contributed by atoms with Gasteiger partial charge in [-0.15, -0.1) is 0 Å². The third-order valence-electron chi connectivity index (χ3n) is 4.23. The molecule has 0 saturated heterocycles. The molecule has 3 heteroatoms. The van der Waals surface area contributed by atoms with Crippen LogP contribution in [0.3, 0.4) is 0 Å². The smallest absolute Gasteiger partial charge is 0.225 e. The van der Waals surface area contributed by atoms with Crippen LogP contribution >= 0.6 is 0 Å². The van der Waals surface area contributed by atoms with Crippen LogP contribution in [0.15, 0.2) is 0 Å². The Hall–Kier alpha value is -0.570.